The first kappa shape index (κ1) is 23.4. The highest BCUT2D eigenvalue weighted by Gasteiger charge is 2.42. The van der Waals surface area contributed by atoms with Crippen LogP contribution in [0.1, 0.15) is 5.01 Å². The lowest BCUT2D eigenvalue weighted by molar-refractivity contribution is -0.198. The second kappa shape index (κ2) is 9.59. The number of anilines is 1. The van der Waals surface area contributed by atoms with Gasteiger partial charge >= 0.3 is 11.7 Å². The fraction of sp³-hybridized carbons (Fsp3) is 0.0870. The van der Waals surface area contributed by atoms with Gasteiger partial charge in [0.1, 0.15) is 28.0 Å². The monoisotopic (exact) mass is 503 g/mol. The van der Waals surface area contributed by atoms with Crippen LogP contribution < -0.4 is 15.7 Å². The summed E-state index contributed by atoms with van der Waals surface area (Å²) in [4.78, 5) is 16.7. The summed E-state index contributed by atoms with van der Waals surface area (Å²) in [7, 11) is 0. The van der Waals surface area contributed by atoms with Crippen LogP contribution >= 0.6 is 22.9 Å². The van der Waals surface area contributed by atoms with Gasteiger partial charge in [-0.25, -0.2) is 14.2 Å². The third kappa shape index (κ3) is 4.90. The van der Waals surface area contributed by atoms with Crippen LogP contribution in [0, 0.1) is 11.3 Å². The molecule has 4 rings (SSSR count). The molecule has 0 amide bonds. The topological polar surface area (TPSA) is 88.2 Å². The van der Waals surface area contributed by atoms with Gasteiger partial charge in [-0.3, -0.25) is 0 Å². The van der Waals surface area contributed by atoms with Crippen molar-refractivity contribution >= 4 is 45.2 Å². The van der Waals surface area contributed by atoms with Crippen LogP contribution in [0.15, 0.2) is 75.4 Å². The lowest BCUT2D eigenvalue weighted by atomic mass is 10.1. The first-order valence-corrected chi connectivity index (χ1v) is 10.9. The van der Waals surface area contributed by atoms with Gasteiger partial charge in [0, 0.05) is 17.0 Å². The van der Waals surface area contributed by atoms with E-state index in [0.717, 1.165) is 11.3 Å². The molecule has 0 aliphatic heterocycles. The van der Waals surface area contributed by atoms with Crippen molar-refractivity contribution in [1.82, 2.24) is 4.98 Å². The van der Waals surface area contributed by atoms with E-state index in [1.807, 2.05) is 6.07 Å². The molecule has 172 valence electrons. The summed E-state index contributed by atoms with van der Waals surface area (Å²) in [5.41, 5.74) is -2.54. The lowest BCUT2D eigenvalue weighted by Crippen LogP contribution is -2.33. The van der Waals surface area contributed by atoms with Crippen molar-refractivity contribution in [3.63, 3.8) is 0 Å². The largest absolute Gasteiger partial charge is 0.444 e. The average molecular weight is 504 g/mol. The molecule has 0 saturated carbocycles. The number of halogens is 4. The SMILES string of the molecule is N#C/C(=C\Nc1ccccc1OC(F)(F)[C@H](F)Cl)c1nc(-c2cc3ccccc3oc2=O)cs1. The fourth-order valence-corrected chi connectivity index (χ4v) is 3.75. The molecule has 2 aromatic carbocycles. The Kier molecular flexibility index (Phi) is 6.58. The van der Waals surface area contributed by atoms with E-state index in [0.29, 0.717) is 16.7 Å². The molecule has 6 nitrogen and oxygen atoms in total. The molecule has 0 aliphatic carbocycles. The lowest BCUT2D eigenvalue weighted by Gasteiger charge is -2.19. The number of hydrogen-bond donors (Lipinski definition) is 1. The number of fused-ring (bicyclic) bond motifs is 1. The van der Waals surface area contributed by atoms with E-state index in [9.17, 15) is 23.2 Å². The van der Waals surface area contributed by atoms with Crippen LogP contribution in [0.5, 0.6) is 5.75 Å². The van der Waals surface area contributed by atoms with Crippen molar-refractivity contribution < 1.29 is 22.3 Å². The number of aromatic nitrogens is 1. The molecular weight excluding hydrogens is 491 g/mol. The summed E-state index contributed by atoms with van der Waals surface area (Å²) in [6.07, 6.45) is -3.02. The van der Waals surface area contributed by atoms with E-state index in [-0.39, 0.29) is 27.6 Å². The Bertz CT molecular complexity index is 1480. The Morgan fingerprint density at radius 2 is 2.00 bits per heavy atom. The minimum Gasteiger partial charge on any atom is -0.427 e. The van der Waals surface area contributed by atoms with Crippen LogP contribution in [0.2, 0.25) is 0 Å². The normalized spacial score (nSPS) is 12.9. The molecule has 4 aromatic rings. The zero-order valence-electron chi connectivity index (χ0n) is 17.0. The van der Waals surface area contributed by atoms with E-state index in [1.165, 1.54) is 30.5 Å². The summed E-state index contributed by atoms with van der Waals surface area (Å²) in [5.74, 6) is -0.377. The van der Waals surface area contributed by atoms with Crippen LogP contribution in [-0.2, 0) is 0 Å². The summed E-state index contributed by atoms with van der Waals surface area (Å²) in [5, 5.41) is 14.8. The third-order valence-electron chi connectivity index (χ3n) is 4.53. The molecule has 2 aromatic heterocycles. The molecule has 0 radical (unpaired) electrons. The zero-order chi connectivity index (χ0) is 24.3. The molecule has 11 heteroatoms. The quantitative estimate of drug-likeness (QED) is 0.178. The van der Waals surface area contributed by atoms with Crippen molar-refractivity contribution in [2.45, 2.75) is 11.7 Å². The van der Waals surface area contributed by atoms with Gasteiger partial charge in [-0.05, 0) is 24.3 Å². The molecule has 34 heavy (non-hydrogen) atoms. The Morgan fingerprint density at radius 3 is 2.76 bits per heavy atom. The number of nitrogens with one attached hydrogen (secondary N) is 1. The third-order valence-corrected chi connectivity index (χ3v) is 5.66. The second-order valence-electron chi connectivity index (χ2n) is 6.80. The van der Waals surface area contributed by atoms with E-state index in [4.69, 9.17) is 16.0 Å². The highest BCUT2D eigenvalue weighted by molar-refractivity contribution is 7.11. The first-order chi connectivity index (χ1) is 16.3. The molecule has 1 atom stereocenters. The molecule has 0 unspecified atom stereocenters. The molecule has 0 fully saturated rings. The fourth-order valence-electron chi connectivity index (χ4n) is 2.92. The minimum absolute atomic E-state index is 0.0409. The van der Waals surface area contributed by atoms with Crippen molar-refractivity contribution in [2.24, 2.45) is 0 Å². The molecule has 2 heterocycles. The summed E-state index contributed by atoms with van der Waals surface area (Å²) in [6, 6.07) is 16.2. The van der Waals surface area contributed by atoms with Crippen molar-refractivity contribution in [3.8, 4) is 23.1 Å². The molecule has 0 saturated heterocycles. The maximum absolute atomic E-state index is 13.6. The Hall–Kier alpha value is -3.81. The van der Waals surface area contributed by atoms with E-state index in [2.05, 4.69) is 15.0 Å². The van der Waals surface area contributed by atoms with Gasteiger partial charge in [0.25, 0.3) is 5.63 Å². The molecular formula is C23H13ClF3N3O3S. The molecule has 0 aliphatic rings. The van der Waals surface area contributed by atoms with Crippen molar-refractivity contribution in [3.05, 3.63) is 81.6 Å². The smallest absolute Gasteiger partial charge is 0.427 e. The van der Waals surface area contributed by atoms with Crippen LogP contribution in [-0.4, -0.2) is 16.7 Å². The zero-order valence-corrected chi connectivity index (χ0v) is 18.5. The number of nitriles is 1. The van der Waals surface area contributed by atoms with Gasteiger partial charge in [0.15, 0.2) is 0 Å². The van der Waals surface area contributed by atoms with Gasteiger partial charge < -0.3 is 14.5 Å². The summed E-state index contributed by atoms with van der Waals surface area (Å²) in [6.45, 7) is 0. The predicted molar refractivity (Wildman–Crippen MR) is 124 cm³/mol. The number of alkyl halides is 4. The Balaban J connectivity index is 1.61. The molecule has 0 bridgehead atoms. The number of thiazole rings is 1. The number of nitrogens with zero attached hydrogens (tertiary/aromatic N) is 2. The van der Waals surface area contributed by atoms with E-state index >= 15 is 0 Å². The van der Waals surface area contributed by atoms with Gasteiger partial charge in [0.2, 0.25) is 0 Å². The number of rotatable bonds is 7. The maximum atomic E-state index is 13.6. The standard InChI is InChI=1S/C23H13ClF3N3O3S/c24-22(25)23(26,27)33-19-8-4-2-6-16(19)29-11-14(10-28)20-30-17(12-34-20)15-9-13-5-1-3-7-18(13)32-21(15)31/h1-9,11-12,22,29H/b14-11+/t22-/m0/s1. The number of allylic oxidation sites excluding steroid dienone is 1. The second-order valence-corrected chi connectivity index (χ2v) is 8.04. The summed E-state index contributed by atoms with van der Waals surface area (Å²) >= 11 is 5.95. The number of benzene rings is 2. The number of para-hydroxylation sites is 3. The number of ether oxygens (including phenoxy) is 1. The van der Waals surface area contributed by atoms with Crippen LogP contribution in [0.4, 0.5) is 18.9 Å². The van der Waals surface area contributed by atoms with E-state index in [1.54, 1.807) is 35.7 Å². The number of hydrogen-bond acceptors (Lipinski definition) is 7. The van der Waals surface area contributed by atoms with Crippen molar-refractivity contribution in [1.29, 1.82) is 5.26 Å². The van der Waals surface area contributed by atoms with Gasteiger partial charge in [-0.1, -0.05) is 41.9 Å². The van der Waals surface area contributed by atoms with Gasteiger partial charge in [-0.2, -0.15) is 14.0 Å². The highest BCUT2D eigenvalue weighted by Crippen LogP contribution is 2.34. The van der Waals surface area contributed by atoms with Crippen molar-refractivity contribution in [2.75, 3.05) is 5.32 Å². The van der Waals surface area contributed by atoms with Gasteiger partial charge in [0.05, 0.1) is 16.9 Å². The van der Waals surface area contributed by atoms with Gasteiger partial charge in [-0.15, -0.1) is 11.3 Å². The Labute approximate surface area is 199 Å². The average Bonchev–Trinajstić information content (AvgIpc) is 3.29. The maximum Gasteiger partial charge on any atom is 0.444 e. The minimum atomic E-state index is -4.26. The molecule has 0 spiro atoms. The Morgan fingerprint density at radius 1 is 1.26 bits per heavy atom. The van der Waals surface area contributed by atoms with Crippen LogP contribution in [0.25, 0.3) is 27.8 Å². The molecule has 1 N–H and O–H groups in total. The first-order valence-electron chi connectivity index (χ1n) is 9.58. The summed E-state index contributed by atoms with van der Waals surface area (Å²) < 4.78 is 49.8. The predicted octanol–water partition coefficient (Wildman–Crippen LogP) is 6.40. The van der Waals surface area contributed by atoms with Crippen LogP contribution in [0.3, 0.4) is 0 Å². The highest BCUT2D eigenvalue weighted by atomic mass is 35.5. The van der Waals surface area contributed by atoms with E-state index < -0.39 is 17.4 Å².